The second kappa shape index (κ2) is 20.9. The van der Waals surface area contributed by atoms with Crippen molar-refractivity contribution in [1.29, 1.82) is 0 Å². The predicted molar refractivity (Wildman–Crippen MR) is 250 cm³/mol. The van der Waals surface area contributed by atoms with E-state index in [0.29, 0.717) is 55.5 Å². The van der Waals surface area contributed by atoms with Crippen LogP contribution in [0.2, 0.25) is 0 Å². The summed E-state index contributed by atoms with van der Waals surface area (Å²) in [4.78, 5) is 81.4. The van der Waals surface area contributed by atoms with E-state index in [2.05, 4.69) is 25.9 Å². The number of carbonyl (C=O) groups excluding carboxylic acids is 5. The van der Waals surface area contributed by atoms with E-state index < -0.39 is 88.2 Å². The first-order valence-electron chi connectivity index (χ1n) is 22.5. The first-order chi connectivity index (χ1) is 32.3. The zero-order valence-electron chi connectivity index (χ0n) is 38.4. The van der Waals surface area contributed by atoms with Gasteiger partial charge in [-0.1, -0.05) is 45.0 Å². The Bertz CT molecular complexity index is 2490. The maximum atomic E-state index is 15.1. The number of nitrogens with one attached hydrogen (secondary N) is 3. The highest BCUT2D eigenvalue weighted by Gasteiger charge is 2.60. The van der Waals surface area contributed by atoms with E-state index in [0.717, 1.165) is 27.1 Å². The minimum absolute atomic E-state index is 0.0165. The van der Waals surface area contributed by atoms with Gasteiger partial charge in [0.2, 0.25) is 23.5 Å². The number of amides is 5. The average Bonchev–Trinajstić information content (AvgIpc) is 3.60. The molecule has 4 aromatic rings. The number of primary amides is 1. The highest BCUT2D eigenvalue weighted by Crippen LogP contribution is 2.46. The summed E-state index contributed by atoms with van der Waals surface area (Å²) in [5.41, 5.74) is 5.63. The Morgan fingerprint density at radius 2 is 1.68 bits per heavy atom. The van der Waals surface area contributed by atoms with Crippen molar-refractivity contribution in [2.45, 2.75) is 95.5 Å². The fourth-order valence-corrected chi connectivity index (χ4v) is 10.3. The summed E-state index contributed by atoms with van der Waals surface area (Å²) in [5, 5.41) is 21.7. The van der Waals surface area contributed by atoms with Crippen LogP contribution in [0.3, 0.4) is 0 Å². The maximum absolute atomic E-state index is 15.1. The van der Waals surface area contributed by atoms with Gasteiger partial charge in [-0.25, -0.2) is 18.7 Å². The number of aryl methyl sites for hydroxylation is 1. The quantitative estimate of drug-likeness (QED) is 0.0807. The lowest BCUT2D eigenvalue weighted by molar-refractivity contribution is -0.151. The summed E-state index contributed by atoms with van der Waals surface area (Å²) < 4.78 is 55.3. The van der Waals surface area contributed by atoms with E-state index in [1.54, 1.807) is 43.8 Å². The van der Waals surface area contributed by atoms with Crippen molar-refractivity contribution < 1.29 is 51.7 Å². The zero-order valence-corrected chi connectivity index (χ0v) is 40.0. The number of β-amino-alcohol motifs (C(OH)–C–C–N with tert-alkyl or cyclic N) is 1. The number of nitrogens with zero attached hydrogens (tertiary/aromatic N) is 4. The lowest BCUT2D eigenvalue weighted by Crippen LogP contribution is -2.65. The van der Waals surface area contributed by atoms with Crippen LogP contribution in [0.4, 0.5) is 18.3 Å². The summed E-state index contributed by atoms with van der Waals surface area (Å²) in [5.74, 6) is -7.65. The zero-order chi connectivity index (χ0) is 49.0. The summed E-state index contributed by atoms with van der Waals surface area (Å²) in [6, 6.07) is 8.13. The number of rotatable bonds is 19. The molecule has 2 aromatic heterocycles. The smallest absolute Gasteiger partial charge is 0.258 e. The average molecular weight is 983 g/mol. The standard InChI is InChI=1S/C47H57F3N8O8S2/c1-27-39(68-26-54-27)29-9-7-28(8-10-29)32(47(42(51)63)22-30(59)23-58(47)41(62)40(45(2,3)4)56-43(64)46(50)13-14-46)21-35(60)52-15-5-6-16-53-36(61)24-66-38-31(11-12-33(48)37(38)49)34-25-67-44(55-34)57-17-19-65-20-18-57/h7-12,25-26,30,32,40,59H,5-6,13-24H2,1-4H3,(H2,51,63)(H,52,60)(H,53,61)(H,56,64)/t30?,32-,40+,47?/m0/s1. The van der Waals surface area contributed by atoms with E-state index in [9.17, 15) is 37.9 Å². The third-order valence-corrected chi connectivity index (χ3v) is 14.5. The van der Waals surface area contributed by atoms with Crippen molar-refractivity contribution in [3.63, 3.8) is 0 Å². The largest absolute Gasteiger partial charge is 0.480 e. The first-order valence-corrected chi connectivity index (χ1v) is 24.3. The predicted octanol–water partition coefficient (Wildman–Crippen LogP) is 4.77. The molecule has 7 rings (SSSR count). The molecule has 0 spiro atoms. The molecule has 3 fully saturated rings. The van der Waals surface area contributed by atoms with Gasteiger partial charge in [0.15, 0.2) is 29.0 Å². The van der Waals surface area contributed by atoms with Crippen LogP contribution in [-0.2, 0) is 28.7 Å². The van der Waals surface area contributed by atoms with Crippen LogP contribution in [0.5, 0.6) is 5.75 Å². The number of alkyl halides is 1. The lowest BCUT2D eigenvalue weighted by atomic mass is 9.73. The van der Waals surface area contributed by atoms with E-state index in [-0.39, 0.29) is 50.9 Å². The Balaban J connectivity index is 0.997. The Labute approximate surface area is 400 Å². The lowest BCUT2D eigenvalue weighted by Gasteiger charge is -2.44. The SMILES string of the molecule is Cc1ncsc1-c1ccc([C@H](CC(=O)NCCCCNC(=O)COc2c(-c3csc(N4CCOCC4)n3)ccc(F)c2F)C2(C(N)=O)CC(O)CN2C(=O)[C@@H](NC(=O)C2(F)CC2)C(C)(C)C)cc1. The highest BCUT2D eigenvalue weighted by molar-refractivity contribution is 7.14. The van der Waals surface area contributed by atoms with Crippen LogP contribution in [-0.4, -0.2) is 125 Å². The van der Waals surface area contributed by atoms with E-state index >= 15 is 4.39 Å². The third-order valence-electron chi connectivity index (χ3n) is 12.6. The number of morpholine rings is 1. The van der Waals surface area contributed by atoms with E-state index in [4.69, 9.17) is 15.2 Å². The topological polar surface area (TPSA) is 218 Å². The van der Waals surface area contributed by atoms with Crippen molar-refractivity contribution >= 4 is 57.3 Å². The first kappa shape index (κ1) is 50.2. The number of anilines is 1. The van der Waals surface area contributed by atoms with Crippen LogP contribution in [0.25, 0.3) is 21.7 Å². The minimum Gasteiger partial charge on any atom is -0.480 e. The number of nitrogens with two attached hydrogens (primary N) is 1. The molecule has 4 heterocycles. The number of likely N-dealkylation sites (tertiary alicyclic amines) is 1. The van der Waals surface area contributed by atoms with Gasteiger partial charge in [-0.2, -0.15) is 4.39 Å². The molecule has 2 unspecified atom stereocenters. The summed E-state index contributed by atoms with van der Waals surface area (Å²) in [7, 11) is 0. The second-order valence-electron chi connectivity index (χ2n) is 18.5. The van der Waals surface area contributed by atoms with Crippen LogP contribution >= 0.6 is 22.7 Å². The molecule has 2 saturated heterocycles. The molecule has 68 heavy (non-hydrogen) atoms. The van der Waals surface area contributed by atoms with Crippen molar-refractivity contribution in [2.24, 2.45) is 11.1 Å². The van der Waals surface area contributed by atoms with Gasteiger partial charge in [-0.3, -0.25) is 24.0 Å². The van der Waals surface area contributed by atoms with Crippen LogP contribution < -0.4 is 31.3 Å². The molecule has 1 saturated carbocycles. The number of aliphatic hydroxyl groups excluding tert-OH is 1. The molecule has 5 amide bonds. The van der Waals surface area contributed by atoms with Crippen molar-refractivity contribution in [3.05, 3.63) is 70.2 Å². The fraction of sp³-hybridized carbons (Fsp3) is 0.511. The molecule has 3 aliphatic rings. The van der Waals surface area contributed by atoms with Gasteiger partial charge in [0.05, 0.1) is 41.1 Å². The van der Waals surface area contributed by atoms with E-state index in [1.807, 2.05) is 24.0 Å². The number of hydrogen-bond donors (Lipinski definition) is 5. The molecule has 0 radical (unpaired) electrons. The normalized spacial score (nSPS) is 19.8. The van der Waals surface area contributed by atoms with Gasteiger partial charge in [-0.05, 0) is 61.3 Å². The number of ether oxygens (including phenoxy) is 2. The monoisotopic (exact) mass is 982 g/mol. The van der Waals surface area contributed by atoms with E-state index in [1.165, 1.54) is 28.7 Å². The molecule has 2 aliphatic heterocycles. The molecule has 6 N–H and O–H groups in total. The molecular formula is C47H57F3N8O8S2. The Morgan fingerprint density at radius 3 is 2.29 bits per heavy atom. The Hall–Kier alpha value is -5.64. The second-order valence-corrected chi connectivity index (χ2v) is 20.2. The summed E-state index contributed by atoms with van der Waals surface area (Å²) in [6.07, 6.45) is -1.06. The summed E-state index contributed by atoms with van der Waals surface area (Å²) >= 11 is 2.79. The van der Waals surface area contributed by atoms with Gasteiger partial charge in [0.25, 0.3) is 11.8 Å². The van der Waals surface area contributed by atoms with Crippen molar-refractivity contribution in [2.75, 3.05) is 57.4 Å². The minimum atomic E-state index is -2.10. The molecule has 4 atom stereocenters. The van der Waals surface area contributed by atoms with Crippen LogP contribution in [0.1, 0.15) is 76.5 Å². The van der Waals surface area contributed by atoms with Crippen LogP contribution in [0.15, 0.2) is 47.3 Å². The molecule has 16 nitrogen and oxygen atoms in total. The molecule has 366 valence electrons. The van der Waals surface area contributed by atoms with Crippen molar-refractivity contribution in [1.82, 2.24) is 30.8 Å². The molecule has 21 heteroatoms. The van der Waals surface area contributed by atoms with Gasteiger partial charge in [-0.15, -0.1) is 22.7 Å². The highest BCUT2D eigenvalue weighted by atomic mass is 32.1. The number of hydrogen-bond acceptors (Lipinski definition) is 13. The number of thiazole rings is 2. The van der Waals surface area contributed by atoms with Gasteiger partial charge in [0, 0.05) is 62.4 Å². The number of benzene rings is 2. The van der Waals surface area contributed by atoms with Gasteiger partial charge in [0.1, 0.15) is 11.6 Å². The molecule has 0 bridgehead atoms. The number of aromatic nitrogens is 2. The number of unbranched alkanes of at least 4 members (excludes halogenated alkanes) is 1. The molecular weight excluding hydrogens is 926 g/mol. The van der Waals surface area contributed by atoms with Gasteiger partial charge >= 0.3 is 0 Å². The van der Waals surface area contributed by atoms with Crippen molar-refractivity contribution in [3.8, 4) is 27.4 Å². The molecule has 1 aliphatic carbocycles. The Morgan fingerprint density at radius 1 is 1.00 bits per heavy atom. The number of carbonyl (C=O) groups is 5. The molecule has 2 aromatic carbocycles. The maximum Gasteiger partial charge on any atom is 0.258 e. The summed E-state index contributed by atoms with van der Waals surface area (Å²) in [6.45, 7) is 8.69. The van der Waals surface area contributed by atoms with Crippen LogP contribution in [0, 0.1) is 24.0 Å². The number of aliphatic hydroxyl groups is 1. The van der Waals surface area contributed by atoms with Gasteiger partial charge < -0.3 is 46.1 Å². The fourth-order valence-electron chi connectivity index (χ4n) is 8.65. The Kier molecular flexibility index (Phi) is 15.5. The number of halogens is 3. The third kappa shape index (κ3) is 11.1.